The number of benzene rings is 1. The first kappa shape index (κ1) is 17.1. The van der Waals surface area contributed by atoms with Gasteiger partial charge in [-0.2, -0.15) is 0 Å². The molecule has 23 heavy (non-hydrogen) atoms. The van der Waals surface area contributed by atoms with Gasteiger partial charge in [0.2, 0.25) is 11.8 Å². The average Bonchev–Trinajstić information content (AvgIpc) is 2.81. The molecule has 2 rings (SSSR count). The van der Waals surface area contributed by atoms with Crippen LogP contribution < -0.4 is 9.47 Å². The molecule has 0 atom stereocenters. The Morgan fingerprint density at radius 1 is 1.04 bits per heavy atom. The molecule has 6 nitrogen and oxygen atoms in total. The molecule has 126 valence electrons. The van der Waals surface area contributed by atoms with E-state index in [1.54, 1.807) is 32.1 Å². The number of hydrogen-bond donors (Lipinski definition) is 0. The van der Waals surface area contributed by atoms with Crippen LogP contribution in [0.4, 0.5) is 0 Å². The Bertz CT molecular complexity index is 574. The summed E-state index contributed by atoms with van der Waals surface area (Å²) in [4.78, 5) is 27.7. The van der Waals surface area contributed by atoms with E-state index in [-0.39, 0.29) is 18.2 Å². The number of amides is 2. The van der Waals surface area contributed by atoms with E-state index in [1.807, 2.05) is 17.0 Å². The molecule has 2 amide bonds. The molecule has 1 heterocycles. The van der Waals surface area contributed by atoms with Gasteiger partial charge in [-0.15, -0.1) is 0 Å². The highest BCUT2D eigenvalue weighted by Gasteiger charge is 2.21. The first-order chi connectivity index (χ1) is 11.0. The molecule has 0 unspecified atom stereocenters. The van der Waals surface area contributed by atoms with Crippen LogP contribution in [0.3, 0.4) is 0 Å². The van der Waals surface area contributed by atoms with Crippen molar-refractivity contribution in [2.45, 2.75) is 19.8 Å². The summed E-state index contributed by atoms with van der Waals surface area (Å²) in [6.07, 6.45) is 1.07. The Labute approximate surface area is 137 Å². The van der Waals surface area contributed by atoms with Crippen molar-refractivity contribution < 1.29 is 19.1 Å². The van der Waals surface area contributed by atoms with Crippen LogP contribution in [0.15, 0.2) is 18.2 Å². The summed E-state index contributed by atoms with van der Waals surface area (Å²) in [7, 11) is 3.19. The van der Waals surface area contributed by atoms with Crippen LogP contribution in [0.5, 0.6) is 11.5 Å². The van der Waals surface area contributed by atoms with E-state index in [4.69, 9.17) is 9.47 Å². The molecule has 1 saturated heterocycles. The number of ether oxygens (including phenoxy) is 2. The number of hydrogen-bond acceptors (Lipinski definition) is 4. The van der Waals surface area contributed by atoms with Gasteiger partial charge in [0.1, 0.15) is 11.5 Å². The molecule has 0 N–H and O–H groups in total. The highest BCUT2D eigenvalue weighted by atomic mass is 16.5. The molecular formula is C17H24N2O4. The van der Waals surface area contributed by atoms with E-state index in [1.165, 1.54) is 0 Å². The van der Waals surface area contributed by atoms with Gasteiger partial charge >= 0.3 is 0 Å². The maximum atomic E-state index is 12.6. The lowest BCUT2D eigenvalue weighted by molar-refractivity contribution is -0.132. The second-order valence-electron chi connectivity index (χ2n) is 5.59. The van der Waals surface area contributed by atoms with Crippen molar-refractivity contribution >= 4 is 11.8 Å². The third kappa shape index (κ3) is 4.37. The Morgan fingerprint density at radius 3 is 2.39 bits per heavy atom. The molecule has 1 aromatic carbocycles. The number of nitrogens with zero attached hydrogens (tertiary/aromatic N) is 2. The smallest absolute Gasteiger partial charge is 0.227 e. The van der Waals surface area contributed by atoms with Crippen LogP contribution in [-0.4, -0.2) is 62.0 Å². The molecule has 0 saturated carbocycles. The Balaban J connectivity index is 2.05. The summed E-state index contributed by atoms with van der Waals surface area (Å²) in [6.45, 7) is 4.12. The van der Waals surface area contributed by atoms with E-state index < -0.39 is 0 Å². The fourth-order valence-electron chi connectivity index (χ4n) is 2.78. The van der Waals surface area contributed by atoms with Gasteiger partial charge < -0.3 is 19.3 Å². The largest absolute Gasteiger partial charge is 0.497 e. The second kappa shape index (κ2) is 7.85. The van der Waals surface area contributed by atoms with E-state index in [0.29, 0.717) is 37.7 Å². The monoisotopic (exact) mass is 320 g/mol. The SMILES string of the molecule is COc1ccc(OC)c(CC(=O)N2CCCN(C(C)=O)CC2)c1. The number of carbonyl (C=O) groups is 2. The normalized spacial score (nSPS) is 15.1. The first-order valence-electron chi connectivity index (χ1n) is 7.79. The minimum absolute atomic E-state index is 0.0435. The number of methoxy groups -OCH3 is 2. The summed E-state index contributed by atoms with van der Waals surface area (Å²) in [5, 5.41) is 0. The highest BCUT2D eigenvalue weighted by molar-refractivity contribution is 5.80. The maximum absolute atomic E-state index is 12.6. The van der Waals surface area contributed by atoms with Gasteiger partial charge in [-0.1, -0.05) is 0 Å². The van der Waals surface area contributed by atoms with E-state index in [2.05, 4.69) is 0 Å². The van der Waals surface area contributed by atoms with Gasteiger partial charge in [0, 0.05) is 38.7 Å². The molecule has 0 radical (unpaired) electrons. The first-order valence-corrected chi connectivity index (χ1v) is 7.79. The Hall–Kier alpha value is -2.24. The zero-order valence-electron chi connectivity index (χ0n) is 14.0. The summed E-state index contributed by atoms with van der Waals surface area (Å²) in [5.74, 6) is 1.49. The molecule has 0 spiro atoms. The van der Waals surface area contributed by atoms with Gasteiger partial charge in [-0.3, -0.25) is 9.59 Å². The molecule has 1 fully saturated rings. The summed E-state index contributed by atoms with van der Waals surface area (Å²) < 4.78 is 10.5. The third-order valence-electron chi connectivity index (χ3n) is 4.12. The van der Waals surface area contributed by atoms with Crippen molar-refractivity contribution in [2.24, 2.45) is 0 Å². The molecule has 1 aliphatic rings. The van der Waals surface area contributed by atoms with Crippen LogP contribution >= 0.6 is 0 Å². The number of carbonyl (C=O) groups excluding carboxylic acids is 2. The second-order valence-corrected chi connectivity index (χ2v) is 5.59. The Kier molecular flexibility index (Phi) is 5.84. The van der Waals surface area contributed by atoms with Crippen LogP contribution in [0.1, 0.15) is 18.9 Å². The zero-order chi connectivity index (χ0) is 16.8. The van der Waals surface area contributed by atoms with E-state index in [0.717, 1.165) is 12.0 Å². The van der Waals surface area contributed by atoms with Crippen molar-refractivity contribution in [1.29, 1.82) is 0 Å². The van der Waals surface area contributed by atoms with Crippen LogP contribution in [0, 0.1) is 0 Å². The molecule has 0 aromatic heterocycles. The lowest BCUT2D eigenvalue weighted by Gasteiger charge is -2.22. The molecule has 1 aliphatic heterocycles. The fourth-order valence-corrected chi connectivity index (χ4v) is 2.78. The van der Waals surface area contributed by atoms with Gasteiger partial charge in [0.15, 0.2) is 0 Å². The van der Waals surface area contributed by atoms with E-state index in [9.17, 15) is 9.59 Å². The Morgan fingerprint density at radius 2 is 1.74 bits per heavy atom. The minimum atomic E-state index is 0.0435. The van der Waals surface area contributed by atoms with Crippen molar-refractivity contribution in [2.75, 3.05) is 40.4 Å². The number of rotatable bonds is 4. The quantitative estimate of drug-likeness (QED) is 0.840. The van der Waals surface area contributed by atoms with Crippen LogP contribution in [-0.2, 0) is 16.0 Å². The van der Waals surface area contributed by atoms with Crippen molar-refractivity contribution in [3.8, 4) is 11.5 Å². The van der Waals surface area contributed by atoms with E-state index >= 15 is 0 Å². The predicted octanol–water partition coefficient (Wildman–Crippen LogP) is 1.33. The lowest BCUT2D eigenvalue weighted by atomic mass is 10.1. The van der Waals surface area contributed by atoms with Gasteiger partial charge in [0.05, 0.1) is 20.6 Å². The lowest BCUT2D eigenvalue weighted by Crippen LogP contribution is -2.37. The van der Waals surface area contributed by atoms with Crippen LogP contribution in [0.25, 0.3) is 0 Å². The van der Waals surface area contributed by atoms with Gasteiger partial charge in [0.25, 0.3) is 0 Å². The minimum Gasteiger partial charge on any atom is -0.497 e. The predicted molar refractivity (Wildman–Crippen MR) is 86.7 cm³/mol. The average molecular weight is 320 g/mol. The van der Waals surface area contributed by atoms with Gasteiger partial charge in [-0.25, -0.2) is 0 Å². The molecular weight excluding hydrogens is 296 g/mol. The van der Waals surface area contributed by atoms with Gasteiger partial charge in [-0.05, 0) is 24.6 Å². The molecule has 0 aliphatic carbocycles. The summed E-state index contributed by atoms with van der Waals surface area (Å²) in [5.41, 5.74) is 0.810. The molecule has 0 bridgehead atoms. The summed E-state index contributed by atoms with van der Waals surface area (Å²) >= 11 is 0. The van der Waals surface area contributed by atoms with Crippen LogP contribution in [0.2, 0.25) is 0 Å². The molecule has 6 heteroatoms. The van der Waals surface area contributed by atoms with Crippen molar-refractivity contribution in [1.82, 2.24) is 9.80 Å². The highest BCUT2D eigenvalue weighted by Crippen LogP contribution is 2.25. The topological polar surface area (TPSA) is 59.1 Å². The zero-order valence-corrected chi connectivity index (χ0v) is 14.0. The third-order valence-corrected chi connectivity index (χ3v) is 4.12. The summed E-state index contributed by atoms with van der Waals surface area (Å²) in [6, 6.07) is 5.45. The van der Waals surface area contributed by atoms with Crippen molar-refractivity contribution in [3.05, 3.63) is 23.8 Å². The standard InChI is InChI=1S/C17H24N2O4/c1-13(20)18-7-4-8-19(10-9-18)17(21)12-14-11-15(22-2)5-6-16(14)23-3/h5-6,11H,4,7-10,12H2,1-3H3. The van der Waals surface area contributed by atoms with Crippen molar-refractivity contribution in [3.63, 3.8) is 0 Å². The molecule has 1 aromatic rings. The maximum Gasteiger partial charge on any atom is 0.227 e. The fraction of sp³-hybridized carbons (Fsp3) is 0.529.